The van der Waals surface area contributed by atoms with Crippen molar-refractivity contribution in [3.8, 4) is 0 Å². The molecule has 1 aromatic rings. The highest BCUT2D eigenvalue weighted by Gasteiger charge is 2.25. The van der Waals surface area contributed by atoms with E-state index in [-0.39, 0.29) is 37.6 Å². The number of carboxylic acid groups (broad SMARTS) is 1. The number of amides is 2. The molecule has 2 rings (SSSR count). The molecular formula is C21H28N2O5. The number of carbonyl (C=O) groups excluding carboxylic acids is 3. The molecule has 0 saturated carbocycles. The van der Waals surface area contributed by atoms with E-state index in [1.165, 1.54) is 36.3 Å². The van der Waals surface area contributed by atoms with E-state index in [1.54, 1.807) is 0 Å². The minimum atomic E-state index is -1.13. The van der Waals surface area contributed by atoms with Crippen LogP contribution in [0.5, 0.6) is 0 Å². The van der Waals surface area contributed by atoms with E-state index in [1.807, 2.05) is 18.2 Å². The van der Waals surface area contributed by atoms with Crippen molar-refractivity contribution < 1.29 is 24.3 Å². The second-order valence-corrected chi connectivity index (χ2v) is 7.20. The molecule has 2 N–H and O–H groups in total. The lowest BCUT2D eigenvalue weighted by molar-refractivity contribution is -0.149. The molecule has 1 aliphatic carbocycles. The van der Waals surface area contributed by atoms with E-state index in [0.29, 0.717) is 5.56 Å². The summed E-state index contributed by atoms with van der Waals surface area (Å²) in [6.07, 6.45) is 4.28. The molecule has 0 aromatic heterocycles. The first-order chi connectivity index (χ1) is 13.3. The van der Waals surface area contributed by atoms with Crippen LogP contribution in [0.2, 0.25) is 0 Å². The SMILES string of the molecule is CC(=O)NCCN(C(=O)CCC(=O)c1ccc2c(c1)CCCC2)C(C)C(=O)O. The zero-order valence-electron chi connectivity index (χ0n) is 16.5. The summed E-state index contributed by atoms with van der Waals surface area (Å²) in [5.74, 6) is -1.91. The third-order valence-electron chi connectivity index (χ3n) is 5.11. The molecule has 7 nitrogen and oxygen atoms in total. The summed E-state index contributed by atoms with van der Waals surface area (Å²) in [5.41, 5.74) is 3.10. The lowest BCUT2D eigenvalue weighted by Gasteiger charge is -2.26. The molecular weight excluding hydrogens is 360 g/mol. The quantitative estimate of drug-likeness (QED) is 0.630. The van der Waals surface area contributed by atoms with Crippen LogP contribution < -0.4 is 5.32 Å². The summed E-state index contributed by atoms with van der Waals surface area (Å²) >= 11 is 0. The molecule has 0 fully saturated rings. The van der Waals surface area contributed by atoms with Crippen molar-refractivity contribution in [3.05, 3.63) is 34.9 Å². The smallest absolute Gasteiger partial charge is 0.326 e. The van der Waals surface area contributed by atoms with Gasteiger partial charge in [-0.25, -0.2) is 4.79 Å². The maximum absolute atomic E-state index is 12.5. The Morgan fingerprint density at radius 2 is 1.79 bits per heavy atom. The van der Waals surface area contributed by atoms with Gasteiger partial charge in [0.05, 0.1) is 0 Å². The predicted molar refractivity (Wildman–Crippen MR) is 104 cm³/mol. The van der Waals surface area contributed by atoms with E-state index in [2.05, 4.69) is 5.32 Å². The fourth-order valence-corrected chi connectivity index (χ4v) is 3.44. The van der Waals surface area contributed by atoms with Gasteiger partial charge in [0.2, 0.25) is 11.8 Å². The molecule has 1 atom stereocenters. The number of nitrogens with zero attached hydrogens (tertiary/aromatic N) is 1. The van der Waals surface area contributed by atoms with Crippen molar-refractivity contribution in [3.63, 3.8) is 0 Å². The first kappa shape index (κ1) is 21.6. The summed E-state index contributed by atoms with van der Waals surface area (Å²) in [7, 11) is 0. The largest absolute Gasteiger partial charge is 0.480 e. The Labute approximate surface area is 165 Å². The Bertz CT molecular complexity index is 759. The Balaban J connectivity index is 1.97. The van der Waals surface area contributed by atoms with Gasteiger partial charge in [0.15, 0.2) is 5.78 Å². The molecule has 2 amide bonds. The van der Waals surface area contributed by atoms with E-state index in [9.17, 15) is 24.3 Å². The number of aliphatic carboxylic acids is 1. The summed E-state index contributed by atoms with van der Waals surface area (Å²) in [5, 5.41) is 11.8. The van der Waals surface area contributed by atoms with Crippen molar-refractivity contribution in [2.75, 3.05) is 13.1 Å². The predicted octanol–water partition coefficient (Wildman–Crippen LogP) is 1.97. The molecule has 0 saturated heterocycles. The van der Waals surface area contributed by atoms with E-state index in [0.717, 1.165) is 19.3 Å². The van der Waals surface area contributed by atoms with Crippen molar-refractivity contribution in [1.29, 1.82) is 0 Å². The number of fused-ring (bicyclic) bond motifs is 1. The van der Waals surface area contributed by atoms with Crippen LogP contribution in [0.4, 0.5) is 0 Å². The second-order valence-electron chi connectivity index (χ2n) is 7.20. The van der Waals surface area contributed by atoms with Gasteiger partial charge in [-0.3, -0.25) is 14.4 Å². The van der Waals surface area contributed by atoms with Gasteiger partial charge < -0.3 is 15.3 Å². The number of benzene rings is 1. The van der Waals surface area contributed by atoms with Crippen LogP contribution in [0, 0.1) is 0 Å². The molecule has 1 unspecified atom stereocenters. The van der Waals surface area contributed by atoms with Crippen LogP contribution in [0.1, 0.15) is 61.0 Å². The van der Waals surface area contributed by atoms with Gasteiger partial charge >= 0.3 is 5.97 Å². The normalized spacial score (nSPS) is 13.9. The number of rotatable bonds is 9. The zero-order valence-corrected chi connectivity index (χ0v) is 16.5. The van der Waals surface area contributed by atoms with Crippen LogP contribution in [0.15, 0.2) is 18.2 Å². The van der Waals surface area contributed by atoms with Crippen LogP contribution in [0.25, 0.3) is 0 Å². The zero-order chi connectivity index (χ0) is 20.7. The molecule has 28 heavy (non-hydrogen) atoms. The lowest BCUT2D eigenvalue weighted by atomic mass is 9.89. The number of aryl methyl sites for hydroxylation is 2. The van der Waals surface area contributed by atoms with Gasteiger partial charge in [-0.1, -0.05) is 12.1 Å². The average molecular weight is 388 g/mol. The van der Waals surface area contributed by atoms with Gasteiger partial charge in [0.1, 0.15) is 6.04 Å². The summed E-state index contributed by atoms with van der Waals surface area (Å²) in [6.45, 7) is 3.01. The van der Waals surface area contributed by atoms with Crippen molar-refractivity contribution in [2.45, 2.75) is 58.4 Å². The number of carbonyl (C=O) groups is 4. The van der Waals surface area contributed by atoms with E-state index >= 15 is 0 Å². The summed E-state index contributed by atoms with van der Waals surface area (Å²) < 4.78 is 0. The molecule has 0 radical (unpaired) electrons. The van der Waals surface area contributed by atoms with Crippen molar-refractivity contribution in [1.82, 2.24) is 10.2 Å². The van der Waals surface area contributed by atoms with Crippen molar-refractivity contribution in [2.24, 2.45) is 0 Å². The highest BCUT2D eigenvalue weighted by molar-refractivity contribution is 5.98. The minimum Gasteiger partial charge on any atom is -0.480 e. The minimum absolute atomic E-state index is 0.0284. The van der Waals surface area contributed by atoms with Crippen LogP contribution in [-0.4, -0.2) is 52.7 Å². The fourth-order valence-electron chi connectivity index (χ4n) is 3.44. The number of hydrogen-bond donors (Lipinski definition) is 2. The Morgan fingerprint density at radius 1 is 1.11 bits per heavy atom. The molecule has 1 aliphatic rings. The topological polar surface area (TPSA) is 104 Å². The standard InChI is InChI=1S/C21H28N2O5/c1-14(21(27)28)23(12-11-22-15(2)24)20(26)10-9-19(25)18-8-7-16-5-3-4-6-17(16)13-18/h7-8,13-14H,3-6,9-12H2,1-2H3,(H,22,24)(H,27,28). The molecule has 1 aromatic carbocycles. The highest BCUT2D eigenvalue weighted by atomic mass is 16.4. The van der Waals surface area contributed by atoms with Gasteiger partial charge in [0, 0.05) is 38.4 Å². The Morgan fingerprint density at radius 3 is 2.43 bits per heavy atom. The number of hydrogen-bond acceptors (Lipinski definition) is 4. The molecule has 0 bridgehead atoms. The monoisotopic (exact) mass is 388 g/mol. The molecule has 152 valence electrons. The maximum Gasteiger partial charge on any atom is 0.326 e. The third kappa shape index (κ3) is 5.90. The molecule has 0 heterocycles. The average Bonchev–Trinajstić information content (AvgIpc) is 2.68. The Hall–Kier alpha value is -2.70. The number of nitrogens with one attached hydrogen (secondary N) is 1. The van der Waals surface area contributed by atoms with Gasteiger partial charge in [-0.05, 0) is 49.8 Å². The summed E-state index contributed by atoms with van der Waals surface area (Å²) in [6, 6.07) is 4.71. The number of Topliss-reactive ketones (excluding diaryl/α,β-unsaturated/α-hetero) is 1. The Kier molecular flexibility index (Phi) is 7.72. The van der Waals surface area contributed by atoms with Gasteiger partial charge in [-0.2, -0.15) is 0 Å². The number of ketones is 1. The van der Waals surface area contributed by atoms with Crippen LogP contribution >= 0.6 is 0 Å². The third-order valence-corrected chi connectivity index (χ3v) is 5.11. The lowest BCUT2D eigenvalue weighted by Crippen LogP contribution is -2.46. The molecule has 7 heteroatoms. The van der Waals surface area contributed by atoms with Crippen LogP contribution in [0.3, 0.4) is 0 Å². The van der Waals surface area contributed by atoms with E-state index in [4.69, 9.17) is 0 Å². The number of carboxylic acids is 1. The van der Waals surface area contributed by atoms with Crippen molar-refractivity contribution >= 4 is 23.6 Å². The molecule has 0 aliphatic heterocycles. The van der Waals surface area contributed by atoms with E-state index < -0.39 is 17.9 Å². The first-order valence-corrected chi connectivity index (χ1v) is 9.71. The fraction of sp³-hybridized carbons (Fsp3) is 0.524. The molecule has 0 spiro atoms. The maximum atomic E-state index is 12.5. The second kappa shape index (κ2) is 10.0. The summed E-state index contributed by atoms with van der Waals surface area (Å²) in [4.78, 5) is 48.5. The van der Waals surface area contributed by atoms with Gasteiger partial charge in [0.25, 0.3) is 0 Å². The van der Waals surface area contributed by atoms with Gasteiger partial charge in [-0.15, -0.1) is 0 Å². The van der Waals surface area contributed by atoms with Crippen LogP contribution in [-0.2, 0) is 27.2 Å². The highest BCUT2D eigenvalue weighted by Crippen LogP contribution is 2.23. The first-order valence-electron chi connectivity index (χ1n) is 9.71.